The van der Waals surface area contributed by atoms with Crippen LogP contribution in [0.5, 0.6) is 0 Å². The highest BCUT2D eigenvalue weighted by molar-refractivity contribution is 5.96. The Morgan fingerprint density at radius 2 is 1.64 bits per heavy atom. The van der Waals surface area contributed by atoms with Gasteiger partial charge >= 0.3 is 0 Å². The molecule has 2 aromatic rings. The third-order valence-corrected chi connectivity index (χ3v) is 5.48. The summed E-state index contributed by atoms with van der Waals surface area (Å²) in [4.78, 5) is 27.2. The predicted molar refractivity (Wildman–Crippen MR) is 112 cm³/mol. The maximum Gasteiger partial charge on any atom is 0.254 e. The van der Waals surface area contributed by atoms with Crippen LogP contribution in [0.25, 0.3) is 0 Å². The quantitative estimate of drug-likeness (QED) is 0.796. The molecule has 148 valence electrons. The number of hydrogen-bond donors (Lipinski definition) is 1. The molecule has 0 atom stereocenters. The Hall–Kier alpha value is -2.62. The topological polar surface area (TPSA) is 49.4 Å². The molecule has 2 amide bonds. The maximum atomic E-state index is 13.1. The molecule has 1 aliphatic heterocycles. The lowest BCUT2D eigenvalue weighted by molar-refractivity contribution is -0.126. The van der Waals surface area contributed by atoms with Crippen LogP contribution in [0.15, 0.2) is 54.6 Å². The summed E-state index contributed by atoms with van der Waals surface area (Å²) in [6, 6.07) is 18.3. The van der Waals surface area contributed by atoms with Crippen molar-refractivity contribution in [1.82, 2.24) is 10.2 Å². The van der Waals surface area contributed by atoms with Gasteiger partial charge in [-0.05, 0) is 49.3 Å². The van der Waals surface area contributed by atoms with Gasteiger partial charge in [-0.1, -0.05) is 55.5 Å². The van der Waals surface area contributed by atoms with Gasteiger partial charge in [-0.25, -0.2) is 0 Å². The number of likely N-dealkylation sites (tertiary alicyclic amines) is 1. The fourth-order valence-electron chi connectivity index (χ4n) is 3.78. The zero-order chi connectivity index (χ0) is 19.8. The number of benzene rings is 2. The number of piperidine rings is 1. The summed E-state index contributed by atoms with van der Waals surface area (Å²) >= 11 is 0. The van der Waals surface area contributed by atoms with Gasteiger partial charge in [-0.2, -0.15) is 0 Å². The number of amides is 2. The highest BCUT2D eigenvalue weighted by atomic mass is 16.2. The number of carbonyl (C=O) groups is 2. The van der Waals surface area contributed by atoms with Crippen LogP contribution in [0.3, 0.4) is 0 Å². The first-order chi connectivity index (χ1) is 13.7. The molecule has 0 aromatic heterocycles. The Morgan fingerprint density at radius 1 is 0.964 bits per heavy atom. The van der Waals surface area contributed by atoms with Gasteiger partial charge in [0.2, 0.25) is 5.91 Å². The molecule has 0 aliphatic carbocycles. The highest BCUT2D eigenvalue weighted by Crippen LogP contribution is 2.21. The van der Waals surface area contributed by atoms with Crippen molar-refractivity contribution in [2.24, 2.45) is 5.92 Å². The van der Waals surface area contributed by atoms with Crippen molar-refractivity contribution in [2.45, 2.75) is 39.0 Å². The average molecular weight is 379 g/mol. The van der Waals surface area contributed by atoms with Gasteiger partial charge in [-0.15, -0.1) is 0 Å². The number of nitrogens with zero attached hydrogens (tertiary/aromatic N) is 1. The summed E-state index contributed by atoms with van der Waals surface area (Å²) in [6.45, 7) is 4.08. The van der Waals surface area contributed by atoms with Crippen molar-refractivity contribution in [1.29, 1.82) is 0 Å². The van der Waals surface area contributed by atoms with E-state index in [9.17, 15) is 9.59 Å². The fraction of sp³-hybridized carbons (Fsp3) is 0.417. The van der Waals surface area contributed by atoms with Crippen LogP contribution in [0.2, 0.25) is 0 Å². The van der Waals surface area contributed by atoms with E-state index in [1.54, 1.807) is 0 Å². The highest BCUT2D eigenvalue weighted by Gasteiger charge is 2.28. The summed E-state index contributed by atoms with van der Waals surface area (Å²) in [6.07, 6.45) is 4.20. The molecule has 1 N–H and O–H groups in total. The van der Waals surface area contributed by atoms with Crippen LogP contribution in [-0.2, 0) is 17.6 Å². The zero-order valence-electron chi connectivity index (χ0n) is 16.7. The second kappa shape index (κ2) is 10.1. The van der Waals surface area contributed by atoms with Gasteiger partial charge in [0.05, 0.1) is 0 Å². The van der Waals surface area contributed by atoms with Crippen LogP contribution < -0.4 is 5.32 Å². The molecule has 0 unspecified atom stereocenters. The molecule has 1 saturated heterocycles. The molecular formula is C24H30N2O2. The van der Waals surface area contributed by atoms with E-state index in [0.717, 1.165) is 49.8 Å². The molecule has 4 nitrogen and oxygen atoms in total. The normalized spacial score (nSPS) is 14.7. The molecular weight excluding hydrogens is 348 g/mol. The van der Waals surface area contributed by atoms with Gasteiger partial charge in [0.15, 0.2) is 0 Å². The van der Waals surface area contributed by atoms with Crippen LogP contribution in [0.1, 0.15) is 47.7 Å². The summed E-state index contributed by atoms with van der Waals surface area (Å²) < 4.78 is 0. The van der Waals surface area contributed by atoms with E-state index < -0.39 is 0 Å². The lowest BCUT2D eigenvalue weighted by Gasteiger charge is -2.32. The van der Waals surface area contributed by atoms with Crippen LogP contribution >= 0.6 is 0 Å². The van der Waals surface area contributed by atoms with Crippen LogP contribution in [-0.4, -0.2) is 36.3 Å². The van der Waals surface area contributed by atoms with E-state index in [0.29, 0.717) is 13.1 Å². The largest absolute Gasteiger partial charge is 0.356 e. The molecule has 28 heavy (non-hydrogen) atoms. The Balaban J connectivity index is 1.60. The maximum absolute atomic E-state index is 13.1. The van der Waals surface area contributed by atoms with E-state index in [2.05, 4.69) is 30.4 Å². The molecule has 2 aromatic carbocycles. The Bertz CT molecular complexity index is 780. The molecule has 1 fully saturated rings. The molecule has 4 heteroatoms. The second-order valence-corrected chi connectivity index (χ2v) is 7.50. The Labute approximate surface area is 167 Å². The van der Waals surface area contributed by atoms with E-state index in [1.165, 1.54) is 5.56 Å². The molecule has 0 saturated carbocycles. The van der Waals surface area contributed by atoms with Crippen molar-refractivity contribution in [2.75, 3.05) is 19.6 Å². The van der Waals surface area contributed by atoms with Gasteiger partial charge < -0.3 is 10.2 Å². The summed E-state index contributed by atoms with van der Waals surface area (Å²) in [5.41, 5.74) is 3.18. The molecule has 1 aliphatic rings. The number of nitrogens with one attached hydrogen (secondary N) is 1. The van der Waals surface area contributed by atoms with Crippen molar-refractivity contribution in [3.8, 4) is 0 Å². The van der Waals surface area contributed by atoms with Gasteiger partial charge in [0.25, 0.3) is 5.91 Å². The summed E-state index contributed by atoms with van der Waals surface area (Å²) in [5, 5.41) is 2.98. The van der Waals surface area contributed by atoms with E-state index in [4.69, 9.17) is 0 Å². The number of carbonyl (C=O) groups excluding carboxylic acids is 2. The van der Waals surface area contributed by atoms with Gasteiger partial charge in [0.1, 0.15) is 0 Å². The second-order valence-electron chi connectivity index (χ2n) is 7.50. The predicted octanol–water partition coefficient (Wildman–Crippen LogP) is 3.85. The van der Waals surface area contributed by atoms with Crippen molar-refractivity contribution < 1.29 is 9.59 Å². The number of hydrogen-bond acceptors (Lipinski definition) is 2. The van der Waals surface area contributed by atoms with Crippen molar-refractivity contribution in [3.63, 3.8) is 0 Å². The lowest BCUT2D eigenvalue weighted by Crippen LogP contribution is -2.43. The van der Waals surface area contributed by atoms with E-state index in [-0.39, 0.29) is 17.7 Å². The molecule has 1 heterocycles. The Kier molecular flexibility index (Phi) is 7.24. The minimum absolute atomic E-state index is 0.0314. The lowest BCUT2D eigenvalue weighted by atomic mass is 9.94. The molecule has 0 bridgehead atoms. The first-order valence-electron chi connectivity index (χ1n) is 10.4. The third kappa shape index (κ3) is 5.22. The minimum atomic E-state index is 0.0314. The SMILES string of the molecule is CCCNC(=O)C1CCN(C(=O)c2ccccc2CCc2ccccc2)CC1. The Morgan fingerprint density at radius 3 is 2.36 bits per heavy atom. The molecule has 3 rings (SSSR count). The number of rotatable bonds is 7. The van der Waals surface area contributed by atoms with Gasteiger partial charge in [-0.3, -0.25) is 9.59 Å². The zero-order valence-corrected chi connectivity index (χ0v) is 16.7. The van der Waals surface area contributed by atoms with Crippen LogP contribution in [0, 0.1) is 5.92 Å². The van der Waals surface area contributed by atoms with Crippen molar-refractivity contribution in [3.05, 3.63) is 71.3 Å². The smallest absolute Gasteiger partial charge is 0.254 e. The van der Waals surface area contributed by atoms with E-state index in [1.807, 2.05) is 41.3 Å². The summed E-state index contributed by atoms with van der Waals surface area (Å²) in [5.74, 6) is 0.261. The van der Waals surface area contributed by atoms with Crippen molar-refractivity contribution >= 4 is 11.8 Å². The first kappa shape index (κ1) is 20.1. The fourth-order valence-corrected chi connectivity index (χ4v) is 3.78. The molecule has 0 spiro atoms. The van der Waals surface area contributed by atoms with Crippen LogP contribution in [0.4, 0.5) is 0 Å². The monoisotopic (exact) mass is 378 g/mol. The average Bonchev–Trinajstić information content (AvgIpc) is 2.76. The standard InChI is InChI=1S/C24H30N2O2/c1-2-16-25-23(27)21-14-17-26(18-15-21)24(28)22-11-7-6-10-20(22)13-12-19-8-4-3-5-9-19/h3-11,21H,2,12-18H2,1H3,(H,25,27). The minimum Gasteiger partial charge on any atom is -0.356 e. The van der Waals surface area contributed by atoms with E-state index >= 15 is 0 Å². The molecule has 0 radical (unpaired) electrons. The third-order valence-electron chi connectivity index (χ3n) is 5.48. The number of aryl methyl sites for hydroxylation is 2. The first-order valence-corrected chi connectivity index (χ1v) is 10.4. The summed E-state index contributed by atoms with van der Waals surface area (Å²) in [7, 11) is 0. The van der Waals surface area contributed by atoms with Gasteiger partial charge in [0, 0.05) is 31.1 Å².